The number of carbonyl (C=O) groups excluding carboxylic acids is 3. The summed E-state index contributed by atoms with van der Waals surface area (Å²) in [7, 11) is 3.73. The van der Waals surface area contributed by atoms with E-state index in [2.05, 4.69) is 5.32 Å². The third kappa shape index (κ3) is 5.19. The van der Waals surface area contributed by atoms with E-state index in [0.717, 1.165) is 40.9 Å². The molecule has 1 aromatic heterocycles. The van der Waals surface area contributed by atoms with Gasteiger partial charge in [-0.1, -0.05) is 65.6 Å². The van der Waals surface area contributed by atoms with E-state index in [-0.39, 0.29) is 6.54 Å². The number of thiazole rings is 1. The molecule has 1 N–H and O–H groups in total. The molecule has 6 rings (SSSR count). The molecule has 3 heterocycles. The summed E-state index contributed by atoms with van der Waals surface area (Å²) in [5, 5.41) is 1.97. The van der Waals surface area contributed by atoms with Gasteiger partial charge < -0.3 is 10.2 Å². The number of hydrogen-bond acceptors (Lipinski definition) is 7. The maximum atomic E-state index is 14.0. The number of para-hydroxylation sites is 2. The molecule has 3 atom stereocenters. The Hall–Kier alpha value is -4.36. The minimum Gasteiger partial charge on any atom is -0.378 e. The standard InChI is InChI=1S/C31H25F3N4O4S2/c1-36(2)19-14-12-17(13-15-19)23-24-25(28(41)38(27(24)40)21-11-7-6-10-20(21)31(32,33)34)43-29-26(23)44-30(42)37(29)16-22(39)35-18-8-4-3-5-9-18/h3-15,23-25H,16H2,1-2H3,(H,35,39)/t23-,24?,25?/m1/s1. The van der Waals surface area contributed by atoms with Gasteiger partial charge in [0, 0.05) is 36.3 Å². The summed E-state index contributed by atoms with van der Waals surface area (Å²) < 4.78 is 43.2. The van der Waals surface area contributed by atoms with Crippen molar-refractivity contribution in [3.8, 4) is 0 Å². The summed E-state index contributed by atoms with van der Waals surface area (Å²) in [6.07, 6.45) is -4.80. The number of anilines is 3. The van der Waals surface area contributed by atoms with E-state index in [1.54, 1.807) is 42.5 Å². The van der Waals surface area contributed by atoms with Crippen molar-refractivity contribution in [3.05, 3.63) is 105 Å². The van der Waals surface area contributed by atoms with Crippen molar-refractivity contribution in [3.63, 3.8) is 0 Å². The van der Waals surface area contributed by atoms with Crippen molar-refractivity contribution in [2.24, 2.45) is 5.92 Å². The average molecular weight is 639 g/mol. The number of thioether (sulfide) groups is 1. The number of benzene rings is 3. The van der Waals surface area contributed by atoms with Crippen LogP contribution >= 0.6 is 23.1 Å². The molecule has 1 saturated heterocycles. The first-order valence-electron chi connectivity index (χ1n) is 13.5. The van der Waals surface area contributed by atoms with Crippen molar-refractivity contribution in [2.45, 2.75) is 28.9 Å². The molecule has 0 saturated carbocycles. The van der Waals surface area contributed by atoms with Gasteiger partial charge in [-0.3, -0.25) is 23.7 Å². The fourth-order valence-corrected chi connectivity index (χ4v) is 8.38. The van der Waals surface area contributed by atoms with E-state index in [9.17, 15) is 32.3 Å². The molecule has 0 spiro atoms. The number of fused-ring (bicyclic) bond motifs is 2. The molecule has 1 fully saturated rings. The van der Waals surface area contributed by atoms with Gasteiger partial charge in [0.2, 0.25) is 17.7 Å². The molecule has 2 unspecified atom stereocenters. The van der Waals surface area contributed by atoms with Crippen molar-refractivity contribution in [1.29, 1.82) is 0 Å². The lowest BCUT2D eigenvalue weighted by Gasteiger charge is -2.31. The predicted molar refractivity (Wildman–Crippen MR) is 163 cm³/mol. The second-order valence-corrected chi connectivity index (χ2v) is 12.7. The van der Waals surface area contributed by atoms with E-state index in [1.807, 2.05) is 31.1 Å². The van der Waals surface area contributed by atoms with Gasteiger partial charge >= 0.3 is 11.0 Å². The quantitative estimate of drug-likeness (QED) is 0.284. The number of imide groups is 1. The third-order valence-electron chi connectivity index (χ3n) is 7.63. The average Bonchev–Trinajstić information content (AvgIpc) is 3.43. The number of carbonyl (C=O) groups is 3. The van der Waals surface area contributed by atoms with Crippen LogP contribution in [0.4, 0.5) is 30.2 Å². The fraction of sp³-hybridized carbons (Fsp3) is 0.226. The van der Waals surface area contributed by atoms with Gasteiger partial charge in [0.1, 0.15) is 11.8 Å². The SMILES string of the molecule is CN(C)c1ccc([C@H]2c3sc(=O)n(CC(=O)Nc4ccccc4)c3SC3C(=O)N(c4ccccc4C(F)(F)F)C(=O)C32)cc1. The summed E-state index contributed by atoms with van der Waals surface area (Å²) >= 11 is 1.81. The molecule has 2 aliphatic heterocycles. The zero-order valence-corrected chi connectivity index (χ0v) is 25.0. The lowest BCUT2D eigenvalue weighted by atomic mass is 9.83. The molecule has 13 heteroatoms. The van der Waals surface area contributed by atoms with E-state index in [4.69, 9.17) is 0 Å². The number of nitrogens with one attached hydrogen (secondary N) is 1. The largest absolute Gasteiger partial charge is 0.418 e. The first-order chi connectivity index (χ1) is 21.0. The van der Waals surface area contributed by atoms with E-state index in [1.165, 1.54) is 16.7 Å². The Morgan fingerprint density at radius 1 is 0.909 bits per heavy atom. The maximum absolute atomic E-state index is 14.0. The van der Waals surface area contributed by atoms with E-state index >= 15 is 0 Å². The van der Waals surface area contributed by atoms with Gasteiger partial charge in [-0.25, -0.2) is 4.90 Å². The molecule has 3 aromatic carbocycles. The van der Waals surface area contributed by atoms with Crippen LogP contribution in [0.1, 0.15) is 21.9 Å². The second kappa shape index (κ2) is 11.3. The molecule has 0 radical (unpaired) electrons. The Bertz CT molecular complexity index is 1820. The van der Waals surface area contributed by atoms with Gasteiger partial charge in [-0.05, 0) is 42.0 Å². The lowest BCUT2D eigenvalue weighted by molar-refractivity contribution is -0.137. The number of nitrogens with zero attached hydrogens (tertiary/aromatic N) is 3. The van der Waals surface area contributed by atoms with Crippen LogP contribution < -0.4 is 20.0 Å². The summed E-state index contributed by atoms with van der Waals surface area (Å²) in [4.78, 5) is 56.8. The number of halogens is 3. The molecule has 0 aliphatic carbocycles. The number of hydrogen-bond donors (Lipinski definition) is 1. The van der Waals surface area contributed by atoms with Crippen molar-refractivity contribution in [2.75, 3.05) is 29.2 Å². The Kier molecular flexibility index (Phi) is 7.62. The number of amides is 3. The minimum absolute atomic E-state index is 0.346. The highest BCUT2D eigenvalue weighted by Crippen LogP contribution is 2.54. The van der Waals surface area contributed by atoms with E-state index in [0.29, 0.717) is 26.1 Å². The number of alkyl halides is 3. The molecule has 226 valence electrons. The Balaban J connectivity index is 1.45. The summed E-state index contributed by atoms with van der Waals surface area (Å²) in [6.45, 7) is -0.348. The van der Waals surface area contributed by atoms with Crippen molar-refractivity contribution >= 4 is 57.9 Å². The molecule has 44 heavy (non-hydrogen) atoms. The molecular weight excluding hydrogens is 613 g/mol. The molecule has 3 amide bonds. The monoisotopic (exact) mass is 638 g/mol. The first kappa shape index (κ1) is 29.7. The summed E-state index contributed by atoms with van der Waals surface area (Å²) in [5.41, 5.74) is 0.406. The highest BCUT2D eigenvalue weighted by molar-refractivity contribution is 8.00. The van der Waals surface area contributed by atoms with Crippen LogP contribution in [0.15, 0.2) is 88.7 Å². The topological polar surface area (TPSA) is 91.7 Å². The molecule has 8 nitrogen and oxygen atoms in total. The maximum Gasteiger partial charge on any atom is 0.418 e. The van der Waals surface area contributed by atoms with Crippen molar-refractivity contribution < 1.29 is 27.6 Å². The fourth-order valence-electron chi connectivity index (χ4n) is 5.61. The smallest absolute Gasteiger partial charge is 0.378 e. The first-order valence-corrected chi connectivity index (χ1v) is 15.2. The minimum atomic E-state index is -4.80. The molecule has 2 aliphatic rings. The van der Waals surface area contributed by atoms with Crippen LogP contribution in [0, 0.1) is 5.92 Å². The highest BCUT2D eigenvalue weighted by Gasteiger charge is 2.57. The molecule has 4 aromatic rings. The van der Waals surface area contributed by atoms with Gasteiger partial charge in [0.05, 0.1) is 22.2 Å². The number of aromatic nitrogens is 1. The normalized spacial score (nSPS) is 19.5. The van der Waals surface area contributed by atoms with Crippen LogP contribution in [0.3, 0.4) is 0 Å². The Morgan fingerprint density at radius 3 is 2.23 bits per heavy atom. The highest BCUT2D eigenvalue weighted by atomic mass is 32.2. The Morgan fingerprint density at radius 2 is 1.57 bits per heavy atom. The molecule has 0 bridgehead atoms. The zero-order chi connectivity index (χ0) is 31.3. The lowest BCUT2D eigenvalue weighted by Crippen LogP contribution is -2.33. The Labute approximate surface area is 258 Å². The van der Waals surface area contributed by atoms with Gasteiger partial charge in [0.25, 0.3) is 0 Å². The predicted octanol–water partition coefficient (Wildman–Crippen LogP) is 5.43. The molecular formula is C31H25F3N4O4S2. The summed E-state index contributed by atoms with van der Waals surface area (Å²) in [6, 6.07) is 20.4. The van der Waals surface area contributed by atoms with Crippen LogP contribution in [-0.2, 0) is 27.1 Å². The third-order valence-corrected chi connectivity index (χ3v) is 10.2. The van der Waals surface area contributed by atoms with E-state index < -0.39 is 57.1 Å². The zero-order valence-electron chi connectivity index (χ0n) is 23.4. The van der Waals surface area contributed by atoms with Crippen LogP contribution in [0.2, 0.25) is 0 Å². The van der Waals surface area contributed by atoms with Gasteiger partial charge in [-0.15, -0.1) is 0 Å². The van der Waals surface area contributed by atoms with Crippen LogP contribution in [0.25, 0.3) is 0 Å². The van der Waals surface area contributed by atoms with Crippen LogP contribution in [-0.4, -0.2) is 41.6 Å². The number of rotatable bonds is 6. The summed E-state index contributed by atoms with van der Waals surface area (Å²) in [5.74, 6) is -3.92. The van der Waals surface area contributed by atoms with Gasteiger partial charge in [-0.2, -0.15) is 13.2 Å². The second-order valence-electron chi connectivity index (χ2n) is 10.6. The van der Waals surface area contributed by atoms with Gasteiger partial charge in [0.15, 0.2) is 0 Å². The van der Waals surface area contributed by atoms with Crippen LogP contribution in [0.5, 0.6) is 0 Å². The van der Waals surface area contributed by atoms with Crippen molar-refractivity contribution in [1.82, 2.24) is 4.57 Å².